The first-order valence-electron chi connectivity index (χ1n) is 11.4. The number of anilines is 1. The van der Waals surface area contributed by atoms with Crippen LogP contribution in [-0.4, -0.2) is 22.9 Å². The van der Waals surface area contributed by atoms with Crippen molar-refractivity contribution in [3.8, 4) is 5.75 Å². The molecule has 3 aromatic rings. The topological polar surface area (TPSA) is 84.1 Å². The van der Waals surface area contributed by atoms with E-state index in [4.69, 9.17) is 9.72 Å². The molecule has 1 unspecified atom stereocenters. The number of nitrogens with one attached hydrogen (secondary N) is 2. The van der Waals surface area contributed by atoms with Gasteiger partial charge in [0.1, 0.15) is 17.4 Å². The Kier molecular flexibility index (Phi) is 6.01. The molecule has 0 fully saturated rings. The van der Waals surface area contributed by atoms with Crippen LogP contribution in [0.1, 0.15) is 49.3 Å². The average Bonchev–Trinajstić information content (AvgIpc) is 2.81. The molecular formula is C27H26FN3O3S. The van der Waals surface area contributed by atoms with Crippen LogP contribution in [-0.2, 0) is 10.5 Å². The monoisotopic (exact) mass is 491 g/mol. The molecule has 5 rings (SSSR count). The van der Waals surface area contributed by atoms with E-state index in [2.05, 4.69) is 24.1 Å². The van der Waals surface area contributed by atoms with Crippen molar-refractivity contribution in [1.29, 1.82) is 0 Å². The van der Waals surface area contributed by atoms with E-state index in [9.17, 15) is 14.0 Å². The van der Waals surface area contributed by atoms with Gasteiger partial charge in [0.15, 0.2) is 10.9 Å². The van der Waals surface area contributed by atoms with Gasteiger partial charge >= 0.3 is 0 Å². The lowest BCUT2D eigenvalue weighted by atomic mass is 9.69. The first kappa shape index (κ1) is 23.4. The number of rotatable bonds is 5. The molecule has 8 heteroatoms. The van der Waals surface area contributed by atoms with Crippen LogP contribution >= 0.6 is 11.8 Å². The molecule has 0 spiro atoms. The number of thioether (sulfide) groups is 1. The number of benzene rings is 2. The highest BCUT2D eigenvalue weighted by Crippen LogP contribution is 2.48. The van der Waals surface area contributed by atoms with Crippen LogP contribution in [0.15, 0.2) is 69.8 Å². The molecule has 6 nitrogen and oxygen atoms in total. The first-order chi connectivity index (χ1) is 16.8. The number of carbonyl (C=O) groups is 1. The molecule has 0 saturated heterocycles. The van der Waals surface area contributed by atoms with Gasteiger partial charge < -0.3 is 15.0 Å². The minimum Gasteiger partial charge on any atom is -0.497 e. The van der Waals surface area contributed by atoms with Gasteiger partial charge in [-0.1, -0.05) is 55.9 Å². The number of nitrogens with zero attached hydrogens (tertiary/aromatic N) is 1. The van der Waals surface area contributed by atoms with E-state index in [0.717, 1.165) is 11.3 Å². The predicted molar refractivity (Wildman–Crippen MR) is 134 cm³/mol. The number of aromatic amines is 1. The standard InChI is InChI=1S/C27H26FN3O3S/c1-27(2)12-19-22(20(32)13-27)21(15-8-6-9-17(11-15)34-3)23-24(29-19)30-26(31-25(23)33)35-14-16-7-4-5-10-18(16)28/h4-11,21H,12-14H2,1-3H3,(H2,29,30,31,33). The van der Waals surface area contributed by atoms with E-state index >= 15 is 0 Å². The molecule has 0 saturated carbocycles. The van der Waals surface area contributed by atoms with E-state index in [1.165, 1.54) is 17.8 Å². The highest BCUT2D eigenvalue weighted by atomic mass is 32.2. The van der Waals surface area contributed by atoms with Gasteiger partial charge in [-0.2, -0.15) is 0 Å². The smallest absolute Gasteiger partial charge is 0.257 e. The van der Waals surface area contributed by atoms with E-state index in [0.29, 0.717) is 52.0 Å². The number of aromatic nitrogens is 2. The molecular weight excluding hydrogens is 465 g/mol. The summed E-state index contributed by atoms with van der Waals surface area (Å²) in [6.07, 6.45) is 1.07. The predicted octanol–water partition coefficient (Wildman–Crippen LogP) is 5.41. The summed E-state index contributed by atoms with van der Waals surface area (Å²) in [4.78, 5) is 34.3. The number of halogens is 1. The Morgan fingerprint density at radius 1 is 1.14 bits per heavy atom. The SMILES string of the molecule is COc1cccc(C2C3=C(CC(C)(C)CC3=O)Nc3nc(SCc4ccccc4F)[nH]c(=O)c32)c1. The number of Topliss-reactive ketones (excluding diaryl/α,β-unsaturated/α-hetero) is 1. The molecule has 2 N–H and O–H groups in total. The molecule has 1 atom stereocenters. The summed E-state index contributed by atoms with van der Waals surface area (Å²) >= 11 is 1.26. The van der Waals surface area contributed by atoms with Gasteiger partial charge in [-0.05, 0) is 41.2 Å². The normalized spacial score (nSPS) is 18.5. The zero-order valence-corrected chi connectivity index (χ0v) is 20.6. The van der Waals surface area contributed by atoms with E-state index < -0.39 is 5.92 Å². The van der Waals surface area contributed by atoms with Gasteiger partial charge in [-0.15, -0.1) is 0 Å². The second-order valence-corrected chi connectivity index (χ2v) is 10.6. The van der Waals surface area contributed by atoms with Gasteiger partial charge in [0.25, 0.3) is 5.56 Å². The van der Waals surface area contributed by atoms with Crippen LogP contribution in [0.3, 0.4) is 0 Å². The highest BCUT2D eigenvalue weighted by Gasteiger charge is 2.42. The lowest BCUT2D eigenvalue weighted by Gasteiger charge is -2.38. The molecule has 1 aliphatic heterocycles. The zero-order chi connectivity index (χ0) is 24.7. The Morgan fingerprint density at radius 3 is 2.71 bits per heavy atom. The number of methoxy groups -OCH3 is 1. The second kappa shape index (κ2) is 9.00. The molecule has 0 amide bonds. The Bertz CT molecular complexity index is 1410. The summed E-state index contributed by atoms with van der Waals surface area (Å²) in [6.45, 7) is 4.13. The van der Waals surface area contributed by atoms with Crippen molar-refractivity contribution in [2.75, 3.05) is 12.4 Å². The van der Waals surface area contributed by atoms with Gasteiger partial charge in [-0.3, -0.25) is 9.59 Å². The second-order valence-electron chi connectivity index (χ2n) is 9.68. The summed E-state index contributed by atoms with van der Waals surface area (Å²) in [5, 5.41) is 3.70. The molecule has 35 heavy (non-hydrogen) atoms. The fraction of sp³-hybridized carbons (Fsp3) is 0.296. The van der Waals surface area contributed by atoms with Crippen LogP contribution in [0.25, 0.3) is 0 Å². The fourth-order valence-corrected chi connectivity index (χ4v) is 5.72. The van der Waals surface area contributed by atoms with Gasteiger partial charge in [0.2, 0.25) is 0 Å². The average molecular weight is 492 g/mol. The first-order valence-corrected chi connectivity index (χ1v) is 12.4. The van der Waals surface area contributed by atoms with Crippen molar-refractivity contribution >= 4 is 23.4 Å². The van der Waals surface area contributed by atoms with Crippen molar-refractivity contribution in [3.05, 3.63) is 92.7 Å². The minimum atomic E-state index is -0.554. The quantitative estimate of drug-likeness (QED) is 0.367. The van der Waals surface area contributed by atoms with Crippen LogP contribution < -0.4 is 15.6 Å². The Labute approximate surface area is 207 Å². The number of allylic oxidation sites excluding steroid dienone is 2. The van der Waals surface area contributed by atoms with Crippen molar-refractivity contribution in [2.45, 2.75) is 43.5 Å². The number of ketones is 1. The van der Waals surface area contributed by atoms with Crippen LogP contribution in [0.2, 0.25) is 0 Å². The lowest BCUT2D eigenvalue weighted by molar-refractivity contribution is -0.118. The molecule has 1 aliphatic carbocycles. The van der Waals surface area contributed by atoms with Gasteiger partial charge in [-0.25, -0.2) is 9.37 Å². The number of hydrogen-bond donors (Lipinski definition) is 2. The Balaban J connectivity index is 1.60. The Morgan fingerprint density at radius 2 is 1.94 bits per heavy atom. The third-order valence-electron chi connectivity index (χ3n) is 6.45. The molecule has 2 aromatic carbocycles. The third-order valence-corrected chi connectivity index (χ3v) is 7.37. The van der Waals surface area contributed by atoms with Gasteiger partial charge in [0.05, 0.1) is 12.7 Å². The fourth-order valence-electron chi connectivity index (χ4n) is 4.88. The van der Waals surface area contributed by atoms with Crippen molar-refractivity contribution < 1.29 is 13.9 Å². The molecule has 0 bridgehead atoms. The maximum atomic E-state index is 14.1. The summed E-state index contributed by atoms with van der Waals surface area (Å²) < 4.78 is 19.5. The molecule has 1 aromatic heterocycles. The summed E-state index contributed by atoms with van der Waals surface area (Å²) in [5.74, 6) is 0.583. The molecule has 0 radical (unpaired) electrons. The van der Waals surface area contributed by atoms with Crippen molar-refractivity contribution in [3.63, 3.8) is 0 Å². The van der Waals surface area contributed by atoms with Crippen LogP contribution in [0.4, 0.5) is 10.2 Å². The number of fused-ring (bicyclic) bond motifs is 1. The summed E-state index contributed by atoms with van der Waals surface area (Å²) in [5.41, 5.74) is 2.62. The van der Waals surface area contributed by atoms with E-state index in [1.54, 1.807) is 25.3 Å². The number of ether oxygens (including phenoxy) is 1. The highest BCUT2D eigenvalue weighted by molar-refractivity contribution is 7.98. The van der Waals surface area contributed by atoms with Crippen LogP contribution in [0, 0.1) is 11.2 Å². The Hall–Kier alpha value is -3.39. The summed E-state index contributed by atoms with van der Waals surface area (Å²) in [7, 11) is 1.59. The van der Waals surface area contributed by atoms with Gasteiger partial charge in [0, 0.05) is 29.4 Å². The largest absolute Gasteiger partial charge is 0.497 e. The number of hydrogen-bond acceptors (Lipinski definition) is 6. The summed E-state index contributed by atoms with van der Waals surface area (Å²) in [6, 6.07) is 14.0. The maximum absolute atomic E-state index is 14.1. The van der Waals surface area contributed by atoms with E-state index in [-0.39, 0.29) is 22.6 Å². The lowest BCUT2D eigenvalue weighted by Crippen LogP contribution is -2.37. The number of carbonyl (C=O) groups excluding carboxylic acids is 1. The molecule has 2 heterocycles. The van der Waals surface area contributed by atoms with E-state index in [1.807, 2.05) is 24.3 Å². The zero-order valence-electron chi connectivity index (χ0n) is 19.8. The molecule has 2 aliphatic rings. The maximum Gasteiger partial charge on any atom is 0.257 e. The molecule has 180 valence electrons. The number of H-pyrrole nitrogens is 1. The van der Waals surface area contributed by atoms with Crippen molar-refractivity contribution in [1.82, 2.24) is 9.97 Å². The minimum absolute atomic E-state index is 0.0274. The van der Waals surface area contributed by atoms with Crippen molar-refractivity contribution in [2.24, 2.45) is 5.41 Å². The van der Waals surface area contributed by atoms with Crippen LogP contribution in [0.5, 0.6) is 5.75 Å². The third kappa shape index (κ3) is 4.50.